The van der Waals surface area contributed by atoms with Crippen LogP contribution >= 0.6 is 11.6 Å². The van der Waals surface area contributed by atoms with Gasteiger partial charge < -0.3 is 15.0 Å². The molecule has 0 unspecified atom stereocenters. The van der Waals surface area contributed by atoms with Gasteiger partial charge in [-0.3, -0.25) is 4.79 Å². The van der Waals surface area contributed by atoms with E-state index in [-0.39, 0.29) is 5.91 Å². The Labute approximate surface area is 142 Å². The summed E-state index contributed by atoms with van der Waals surface area (Å²) in [5.74, 6) is 0.655. The summed E-state index contributed by atoms with van der Waals surface area (Å²) in [6.45, 7) is 1.69. The molecule has 2 aromatic carbocycles. The zero-order valence-electron chi connectivity index (χ0n) is 13.2. The van der Waals surface area contributed by atoms with E-state index in [9.17, 15) is 4.79 Å². The summed E-state index contributed by atoms with van der Waals surface area (Å²) in [4.78, 5) is 13.9. The van der Waals surface area contributed by atoms with Gasteiger partial charge in [0.15, 0.2) is 0 Å². The molecule has 0 heterocycles. The first-order valence-corrected chi connectivity index (χ1v) is 7.94. The number of benzene rings is 2. The number of carbonyl (C=O) groups excluding carboxylic acids is 1. The lowest BCUT2D eigenvalue weighted by Crippen LogP contribution is -2.33. The molecule has 0 fully saturated rings. The molecule has 4 nitrogen and oxygen atoms in total. The highest BCUT2D eigenvalue weighted by molar-refractivity contribution is 6.30. The summed E-state index contributed by atoms with van der Waals surface area (Å²) in [6.07, 6.45) is 0.321. The van der Waals surface area contributed by atoms with Crippen molar-refractivity contribution in [3.05, 3.63) is 59.6 Å². The second-order valence-electron chi connectivity index (χ2n) is 5.16. The molecule has 1 N–H and O–H groups in total. The number of carbonyl (C=O) groups is 1. The quantitative estimate of drug-likeness (QED) is 0.806. The van der Waals surface area contributed by atoms with E-state index in [1.54, 1.807) is 12.1 Å². The van der Waals surface area contributed by atoms with E-state index in [2.05, 4.69) is 10.2 Å². The van der Waals surface area contributed by atoms with Crippen LogP contribution in [-0.2, 0) is 4.79 Å². The third-order valence-corrected chi connectivity index (χ3v) is 3.60. The third-order valence-electron chi connectivity index (χ3n) is 3.36. The number of nitrogens with one attached hydrogen (secondary N) is 1. The van der Waals surface area contributed by atoms with E-state index in [1.165, 1.54) is 0 Å². The molecule has 0 radical (unpaired) electrons. The van der Waals surface area contributed by atoms with Gasteiger partial charge in [0.1, 0.15) is 5.75 Å². The molecule has 0 spiro atoms. The van der Waals surface area contributed by atoms with Crippen LogP contribution in [0, 0.1) is 0 Å². The summed E-state index contributed by atoms with van der Waals surface area (Å²) >= 11 is 5.87. The molecule has 2 aromatic rings. The average molecular weight is 333 g/mol. The SMILES string of the molecule is CN(CCNC(=O)CCOc1cccc(Cl)c1)c1ccccc1. The number of rotatable bonds is 8. The van der Waals surface area contributed by atoms with Gasteiger partial charge >= 0.3 is 0 Å². The summed E-state index contributed by atoms with van der Waals surface area (Å²) in [5.41, 5.74) is 1.13. The summed E-state index contributed by atoms with van der Waals surface area (Å²) < 4.78 is 5.50. The van der Waals surface area contributed by atoms with E-state index in [1.807, 2.05) is 49.5 Å². The Morgan fingerprint density at radius 3 is 2.70 bits per heavy atom. The van der Waals surface area contributed by atoms with Gasteiger partial charge in [0.05, 0.1) is 13.0 Å². The van der Waals surface area contributed by atoms with E-state index in [4.69, 9.17) is 16.3 Å². The van der Waals surface area contributed by atoms with Crippen LogP contribution in [0.15, 0.2) is 54.6 Å². The zero-order valence-corrected chi connectivity index (χ0v) is 13.9. The molecular formula is C18H21ClN2O2. The highest BCUT2D eigenvalue weighted by atomic mass is 35.5. The van der Waals surface area contributed by atoms with Gasteiger partial charge in [0, 0.05) is 30.8 Å². The van der Waals surface area contributed by atoms with Crippen LogP contribution in [0.3, 0.4) is 0 Å². The topological polar surface area (TPSA) is 41.6 Å². The average Bonchev–Trinajstić information content (AvgIpc) is 2.55. The van der Waals surface area contributed by atoms with Gasteiger partial charge in [-0.15, -0.1) is 0 Å². The molecule has 0 saturated heterocycles. The molecule has 5 heteroatoms. The number of ether oxygens (including phenoxy) is 1. The van der Waals surface area contributed by atoms with Gasteiger partial charge in [0.2, 0.25) is 5.91 Å². The van der Waals surface area contributed by atoms with Crippen LogP contribution in [0.4, 0.5) is 5.69 Å². The second kappa shape index (κ2) is 9.06. The van der Waals surface area contributed by atoms with Crippen molar-refractivity contribution in [2.45, 2.75) is 6.42 Å². The Morgan fingerprint density at radius 2 is 1.96 bits per heavy atom. The highest BCUT2D eigenvalue weighted by Crippen LogP contribution is 2.17. The number of nitrogens with zero attached hydrogens (tertiary/aromatic N) is 1. The molecule has 0 saturated carbocycles. The maximum Gasteiger partial charge on any atom is 0.223 e. The predicted molar refractivity (Wildman–Crippen MR) is 94.3 cm³/mol. The number of likely N-dealkylation sites (N-methyl/N-ethyl adjacent to an activating group) is 1. The van der Waals surface area contributed by atoms with Crippen molar-refractivity contribution in [3.8, 4) is 5.75 Å². The van der Waals surface area contributed by atoms with Gasteiger partial charge in [-0.1, -0.05) is 35.9 Å². The van der Waals surface area contributed by atoms with Gasteiger partial charge in [-0.25, -0.2) is 0 Å². The normalized spacial score (nSPS) is 10.2. The molecule has 0 atom stereocenters. The Hall–Kier alpha value is -2.20. The highest BCUT2D eigenvalue weighted by Gasteiger charge is 2.04. The number of hydrogen-bond acceptors (Lipinski definition) is 3. The first kappa shape index (κ1) is 17.2. The molecule has 0 aliphatic carbocycles. The molecule has 0 bridgehead atoms. The van der Waals surface area contributed by atoms with Crippen molar-refractivity contribution in [3.63, 3.8) is 0 Å². The van der Waals surface area contributed by atoms with Crippen molar-refractivity contribution in [1.29, 1.82) is 0 Å². The van der Waals surface area contributed by atoms with Crippen LogP contribution in [-0.4, -0.2) is 32.7 Å². The molecule has 1 amide bonds. The lowest BCUT2D eigenvalue weighted by atomic mass is 10.3. The lowest BCUT2D eigenvalue weighted by Gasteiger charge is -2.19. The molecule has 0 aromatic heterocycles. The first-order chi connectivity index (χ1) is 11.1. The zero-order chi connectivity index (χ0) is 16.5. The Morgan fingerprint density at radius 1 is 1.17 bits per heavy atom. The first-order valence-electron chi connectivity index (χ1n) is 7.56. The van der Waals surface area contributed by atoms with Crippen LogP contribution in [0.1, 0.15) is 6.42 Å². The summed E-state index contributed by atoms with van der Waals surface area (Å²) in [7, 11) is 2.00. The Bertz CT molecular complexity index is 619. The van der Waals surface area contributed by atoms with E-state index in [0.717, 1.165) is 12.2 Å². The van der Waals surface area contributed by atoms with Crippen molar-refractivity contribution in [1.82, 2.24) is 5.32 Å². The van der Waals surface area contributed by atoms with Gasteiger partial charge in [-0.05, 0) is 30.3 Å². The van der Waals surface area contributed by atoms with Gasteiger partial charge in [0.25, 0.3) is 0 Å². The van der Waals surface area contributed by atoms with Crippen LogP contribution in [0.5, 0.6) is 5.75 Å². The monoisotopic (exact) mass is 332 g/mol. The van der Waals surface area contributed by atoms with Crippen LogP contribution in [0.2, 0.25) is 5.02 Å². The minimum atomic E-state index is -0.0199. The number of amides is 1. The molecule has 23 heavy (non-hydrogen) atoms. The molecule has 2 rings (SSSR count). The third kappa shape index (κ3) is 6.20. The van der Waals surface area contributed by atoms with Crippen molar-refractivity contribution in [2.75, 3.05) is 31.6 Å². The minimum absolute atomic E-state index is 0.0199. The van der Waals surface area contributed by atoms with Crippen molar-refractivity contribution >= 4 is 23.2 Å². The fraction of sp³-hybridized carbons (Fsp3) is 0.278. The minimum Gasteiger partial charge on any atom is -0.493 e. The van der Waals surface area contributed by atoms with Crippen LogP contribution in [0.25, 0.3) is 0 Å². The number of anilines is 1. The molecule has 122 valence electrons. The maximum atomic E-state index is 11.8. The second-order valence-corrected chi connectivity index (χ2v) is 5.60. The standard InChI is InChI=1S/C18H21ClN2O2/c1-21(16-7-3-2-4-8-16)12-11-20-18(22)10-13-23-17-9-5-6-15(19)14-17/h2-9,14H,10-13H2,1H3,(H,20,22). The van der Waals surface area contributed by atoms with Crippen molar-refractivity contribution < 1.29 is 9.53 Å². The number of hydrogen-bond donors (Lipinski definition) is 1. The Balaban J connectivity index is 1.62. The maximum absolute atomic E-state index is 11.8. The van der Waals surface area contributed by atoms with Crippen molar-refractivity contribution in [2.24, 2.45) is 0 Å². The van der Waals surface area contributed by atoms with E-state index in [0.29, 0.717) is 30.3 Å². The number of para-hydroxylation sites is 1. The molecule has 0 aliphatic rings. The smallest absolute Gasteiger partial charge is 0.223 e. The summed E-state index contributed by atoms with van der Waals surface area (Å²) in [5, 5.41) is 3.52. The van der Waals surface area contributed by atoms with E-state index >= 15 is 0 Å². The molecule has 0 aliphatic heterocycles. The predicted octanol–water partition coefficient (Wildman–Crippen LogP) is 3.36. The van der Waals surface area contributed by atoms with Crippen LogP contribution < -0.4 is 15.0 Å². The largest absolute Gasteiger partial charge is 0.493 e. The van der Waals surface area contributed by atoms with E-state index < -0.39 is 0 Å². The lowest BCUT2D eigenvalue weighted by molar-refractivity contribution is -0.121. The fourth-order valence-corrected chi connectivity index (χ4v) is 2.26. The summed E-state index contributed by atoms with van der Waals surface area (Å²) in [6, 6.07) is 17.2. The van der Waals surface area contributed by atoms with Gasteiger partial charge in [-0.2, -0.15) is 0 Å². The number of halogens is 1. The Kier molecular flexibility index (Phi) is 6.76. The fourth-order valence-electron chi connectivity index (χ4n) is 2.08. The molecular weight excluding hydrogens is 312 g/mol.